The quantitative estimate of drug-likeness (QED) is 0.720. The normalized spacial score (nSPS) is 29.8. The van der Waals surface area contributed by atoms with Crippen LogP contribution in [0.2, 0.25) is 0 Å². The summed E-state index contributed by atoms with van der Waals surface area (Å²) in [5, 5.41) is 8.88. The summed E-state index contributed by atoms with van der Waals surface area (Å²) in [6.07, 6.45) is 3.98. The Kier molecular flexibility index (Phi) is 4.97. The van der Waals surface area contributed by atoms with Gasteiger partial charge in [-0.2, -0.15) is 0 Å². The third-order valence-corrected chi connectivity index (χ3v) is 4.30. The van der Waals surface area contributed by atoms with Crippen LogP contribution >= 0.6 is 0 Å². The van der Waals surface area contributed by atoms with Crippen molar-refractivity contribution in [2.24, 2.45) is 11.7 Å². The summed E-state index contributed by atoms with van der Waals surface area (Å²) in [5.41, 5.74) is 6.01. The third-order valence-electron chi connectivity index (χ3n) is 4.30. The molecule has 1 aliphatic heterocycles. The lowest BCUT2D eigenvalue weighted by atomic mass is 9.99. The fraction of sp³-hybridized carbons (Fsp3) is 0.923. The number of nitrogens with zero attached hydrogens (tertiary/aromatic N) is 2. The van der Waals surface area contributed by atoms with Crippen LogP contribution in [0, 0.1) is 5.92 Å². The van der Waals surface area contributed by atoms with Gasteiger partial charge in [-0.15, -0.1) is 0 Å². The highest BCUT2D eigenvalue weighted by molar-refractivity contribution is 5.76. The molecule has 18 heavy (non-hydrogen) atoms. The Hall–Kier alpha value is -0.650. The number of rotatable bonds is 4. The molecule has 0 radical (unpaired) electrons. The molecule has 1 saturated heterocycles. The van der Waals surface area contributed by atoms with Gasteiger partial charge in [-0.05, 0) is 18.8 Å². The number of hydrogen-bond acceptors (Lipinski definition) is 4. The first-order valence-electron chi connectivity index (χ1n) is 7.07. The minimum Gasteiger partial charge on any atom is -0.395 e. The van der Waals surface area contributed by atoms with E-state index < -0.39 is 0 Å². The second-order valence-corrected chi connectivity index (χ2v) is 5.50. The van der Waals surface area contributed by atoms with Gasteiger partial charge in [0.05, 0.1) is 6.61 Å². The van der Waals surface area contributed by atoms with Gasteiger partial charge in [0.2, 0.25) is 5.91 Å². The molecule has 2 fully saturated rings. The molecule has 2 atom stereocenters. The smallest absolute Gasteiger partial charge is 0.222 e. The van der Waals surface area contributed by atoms with Crippen molar-refractivity contribution in [3.63, 3.8) is 0 Å². The maximum absolute atomic E-state index is 12.2. The number of hydrogen-bond donors (Lipinski definition) is 2. The van der Waals surface area contributed by atoms with Gasteiger partial charge in [0.15, 0.2) is 0 Å². The number of β-amino-alcohol motifs (C(OH)–C–C–N with tert-alkyl or cyclic N) is 1. The van der Waals surface area contributed by atoms with E-state index in [4.69, 9.17) is 10.8 Å². The van der Waals surface area contributed by atoms with E-state index in [1.54, 1.807) is 0 Å². The van der Waals surface area contributed by atoms with E-state index in [1.807, 2.05) is 4.90 Å². The van der Waals surface area contributed by atoms with E-state index in [0.717, 1.165) is 45.6 Å². The van der Waals surface area contributed by atoms with Gasteiger partial charge < -0.3 is 15.7 Å². The first-order valence-corrected chi connectivity index (χ1v) is 7.07. The van der Waals surface area contributed by atoms with Crippen LogP contribution < -0.4 is 5.73 Å². The summed E-state index contributed by atoms with van der Waals surface area (Å²) in [5.74, 6) is 0.661. The zero-order valence-electron chi connectivity index (χ0n) is 11.1. The number of carbonyl (C=O) groups excluding carboxylic acids is 1. The number of nitrogens with two attached hydrogens (primary N) is 1. The van der Waals surface area contributed by atoms with E-state index in [0.29, 0.717) is 12.3 Å². The summed E-state index contributed by atoms with van der Waals surface area (Å²) < 4.78 is 0. The van der Waals surface area contributed by atoms with Gasteiger partial charge in [0.25, 0.3) is 0 Å². The molecule has 0 aromatic rings. The molecular formula is C13H25N3O2. The van der Waals surface area contributed by atoms with Gasteiger partial charge in [-0.3, -0.25) is 9.69 Å². The molecule has 1 saturated carbocycles. The van der Waals surface area contributed by atoms with E-state index in [-0.39, 0.29) is 18.6 Å². The fourth-order valence-electron chi connectivity index (χ4n) is 3.03. The first kappa shape index (κ1) is 13.8. The molecule has 1 amide bonds. The maximum atomic E-state index is 12.2. The highest BCUT2D eigenvalue weighted by atomic mass is 16.3. The van der Waals surface area contributed by atoms with Crippen molar-refractivity contribution >= 4 is 5.91 Å². The molecule has 5 nitrogen and oxygen atoms in total. The van der Waals surface area contributed by atoms with Crippen LogP contribution in [-0.2, 0) is 4.79 Å². The Bertz CT molecular complexity index is 277. The fourth-order valence-corrected chi connectivity index (χ4v) is 3.03. The molecule has 3 N–H and O–H groups in total. The Morgan fingerprint density at radius 2 is 1.94 bits per heavy atom. The lowest BCUT2D eigenvalue weighted by molar-refractivity contribution is -0.134. The highest BCUT2D eigenvalue weighted by Crippen LogP contribution is 2.27. The number of piperazine rings is 1. The Morgan fingerprint density at radius 1 is 1.22 bits per heavy atom. The topological polar surface area (TPSA) is 69.8 Å². The highest BCUT2D eigenvalue weighted by Gasteiger charge is 2.29. The van der Waals surface area contributed by atoms with Gasteiger partial charge in [-0.1, -0.05) is 6.42 Å². The summed E-state index contributed by atoms with van der Waals surface area (Å²) in [4.78, 5) is 16.3. The van der Waals surface area contributed by atoms with Crippen molar-refractivity contribution < 1.29 is 9.90 Å². The van der Waals surface area contributed by atoms with E-state index in [9.17, 15) is 4.79 Å². The predicted octanol–water partition coefficient (Wildman–Crippen LogP) is -0.360. The zero-order chi connectivity index (χ0) is 13.0. The first-order chi connectivity index (χ1) is 8.70. The number of aliphatic hydroxyl groups excluding tert-OH is 1. The second-order valence-electron chi connectivity index (χ2n) is 5.50. The lowest BCUT2D eigenvalue weighted by Crippen LogP contribution is -2.49. The summed E-state index contributed by atoms with van der Waals surface area (Å²) in [7, 11) is 0. The maximum Gasteiger partial charge on any atom is 0.222 e. The number of amides is 1. The van der Waals surface area contributed by atoms with Gasteiger partial charge in [-0.25, -0.2) is 0 Å². The molecule has 2 aliphatic rings. The van der Waals surface area contributed by atoms with Crippen LogP contribution in [0.1, 0.15) is 25.7 Å². The molecule has 0 unspecified atom stereocenters. The molecule has 0 bridgehead atoms. The van der Waals surface area contributed by atoms with Crippen LogP contribution in [0.15, 0.2) is 0 Å². The van der Waals surface area contributed by atoms with Crippen molar-refractivity contribution in [3.05, 3.63) is 0 Å². The monoisotopic (exact) mass is 255 g/mol. The zero-order valence-corrected chi connectivity index (χ0v) is 11.1. The van der Waals surface area contributed by atoms with Crippen LogP contribution in [0.5, 0.6) is 0 Å². The SMILES string of the molecule is N[C@@H]1CCC[C@H]1CC(=O)N1CCN(CCO)CC1. The van der Waals surface area contributed by atoms with Crippen LogP contribution in [0.4, 0.5) is 0 Å². The Labute approximate surface area is 109 Å². The molecule has 5 heteroatoms. The van der Waals surface area contributed by atoms with E-state index >= 15 is 0 Å². The number of carbonyl (C=O) groups is 1. The minimum atomic E-state index is 0.199. The van der Waals surface area contributed by atoms with Crippen molar-refractivity contribution in [2.45, 2.75) is 31.7 Å². The van der Waals surface area contributed by atoms with Crippen LogP contribution in [-0.4, -0.2) is 66.2 Å². The number of aliphatic hydroxyl groups is 1. The summed E-state index contributed by atoms with van der Waals surface area (Å²) >= 11 is 0. The Balaban J connectivity index is 1.73. The Morgan fingerprint density at radius 3 is 2.50 bits per heavy atom. The van der Waals surface area contributed by atoms with Crippen molar-refractivity contribution in [2.75, 3.05) is 39.3 Å². The van der Waals surface area contributed by atoms with Crippen LogP contribution in [0.25, 0.3) is 0 Å². The average Bonchev–Trinajstić information content (AvgIpc) is 2.76. The molecular weight excluding hydrogens is 230 g/mol. The van der Waals surface area contributed by atoms with Crippen molar-refractivity contribution in [1.29, 1.82) is 0 Å². The van der Waals surface area contributed by atoms with Gasteiger partial charge in [0, 0.05) is 45.2 Å². The molecule has 0 aromatic heterocycles. The van der Waals surface area contributed by atoms with Gasteiger partial charge in [0.1, 0.15) is 0 Å². The second kappa shape index (κ2) is 6.50. The molecule has 1 heterocycles. The largest absolute Gasteiger partial charge is 0.395 e. The van der Waals surface area contributed by atoms with Gasteiger partial charge >= 0.3 is 0 Å². The standard InChI is InChI=1S/C13H25N3O2/c14-12-3-1-2-11(12)10-13(18)16-6-4-15(5-7-16)8-9-17/h11-12,17H,1-10,14H2/t11-,12+/m0/s1. The molecule has 0 spiro atoms. The van der Waals surface area contributed by atoms with Crippen molar-refractivity contribution in [1.82, 2.24) is 9.80 Å². The molecule has 104 valence electrons. The van der Waals surface area contributed by atoms with Crippen molar-refractivity contribution in [3.8, 4) is 0 Å². The lowest BCUT2D eigenvalue weighted by Gasteiger charge is -2.35. The minimum absolute atomic E-state index is 0.199. The molecule has 0 aromatic carbocycles. The van der Waals surface area contributed by atoms with Crippen LogP contribution in [0.3, 0.4) is 0 Å². The predicted molar refractivity (Wildman–Crippen MR) is 70.0 cm³/mol. The average molecular weight is 255 g/mol. The van der Waals surface area contributed by atoms with E-state index in [1.165, 1.54) is 6.42 Å². The van der Waals surface area contributed by atoms with E-state index in [2.05, 4.69) is 4.90 Å². The molecule has 2 rings (SSSR count). The summed E-state index contributed by atoms with van der Waals surface area (Å²) in [6.45, 7) is 4.26. The summed E-state index contributed by atoms with van der Waals surface area (Å²) in [6, 6.07) is 0.227. The molecule has 1 aliphatic carbocycles. The third kappa shape index (κ3) is 3.43.